The van der Waals surface area contributed by atoms with Gasteiger partial charge >= 0.3 is 0 Å². The van der Waals surface area contributed by atoms with Crippen molar-refractivity contribution in [1.29, 1.82) is 0 Å². The molecule has 3 heterocycles. The number of aliphatic hydroxyl groups excluding tert-OH is 8. The average Bonchev–Trinajstić information content (AvgIpc) is 2.95. The van der Waals surface area contributed by atoms with Crippen LogP contribution < -0.4 is 0 Å². The minimum atomic E-state index is -1.66. The standard InChI is InChI=1S/C17H30O13/c1-4-7(18)10(21)13(24)16(27-4)30-14-11(22)8(19)5(2)28-17(14)26-3-6-9(20)12(23)15(25)29-6/h4-25H,3H2,1-2H3. The van der Waals surface area contributed by atoms with Gasteiger partial charge < -0.3 is 64.5 Å². The quantitative estimate of drug-likeness (QED) is 0.201. The zero-order valence-electron chi connectivity index (χ0n) is 16.4. The van der Waals surface area contributed by atoms with E-state index in [0.29, 0.717) is 0 Å². The van der Waals surface area contributed by atoms with E-state index >= 15 is 0 Å². The van der Waals surface area contributed by atoms with E-state index in [0.717, 1.165) is 0 Å². The zero-order chi connectivity index (χ0) is 22.3. The Morgan fingerprint density at radius 3 is 1.73 bits per heavy atom. The van der Waals surface area contributed by atoms with Crippen LogP contribution in [0.15, 0.2) is 0 Å². The van der Waals surface area contributed by atoms with E-state index in [4.69, 9.17) is 23.7 Å². The fourth-order valence-corrected chi connectivity index (χ4v) is 3.62. The van der Waals surface area contributed by atoms with E-state index in [1.807, 2.05) is 0 Å². The van der Waals surface area contributed by atoms with Gasteiger partial charge in [0, 0.05) is 0 Å². The van der Waals surface area contributed by atoms with Crippen LogP contribution in [0.25, 0.3) is 0 Å². The van der Waals surface area contributed by atoms with E-state index < -0.39 is 86.0 Å². The molecule has 3 saturated heterocycles. The van der Waals surface area contributed by atoms with Gasteiger partial charge in [-0.05, 0) is 13.8 Å². The first-order chi connectivity index (χ1) is 14.0. The van der Waals surface area contributed by atoms with E-state index in [1.54, 1.807) is 0 Å². The monoisotopic (exact) mass is 442 g/mol. The molecule has 0 aromatic heterocycles. The van der Waals surface area contributed by atoms with Crippen molar-refractivity contribution in [2.24, 2.45) is 0 Å². The molecule has 14 unspecified atom stereocenters. The summed E-state index contributed by atoms with van der Waals surface area (Å²) in [7, 11) is 0. The summed E-state index contributed by atoms with van der Waals surface area (Å²) in [6.07, 6.45) is -19.2. The molecule has 0 radical (unpaired) electrons. The maximum absolute atomic E-state index is 10.5. The first-order valence-electron chi connectivity index (χ1n) is 9.71. The molecule has 8 N–H and O–H groups in total. The van der Waals surface area contributed by atoms with Crippen LogP contribution in [-0.2, 0) is 23.7 Å². The Balaban J connectivity index is 1.69. The SMILES string of the molecule is CC1OC(OC2C(OCC3OC(O)C(O)C3O)OC(C)C(O)C2O)C(O)C(O)C1O. The molecular formula is C17H30O13. The van der Waals surface area contributed by atoms with Gasteiger partial charge in [-0.1, -0.05) is 0 Å². The number of hydrogen-bond donors (Lipinski definition) is 8. The van der Waals surface area contributed by atoms with Crippen LogP contribution in [0.4, 0.5) is 0 Å². The number of aliphatic hydroxyl groups is 8. The largest absolute Gasteiger partial charge is 0.388 e. The Labute approximate surface area is 171 Å². The average molecular weight is 442 g/mol. The van der Waals surface area contributed by atoms with Crippen LogP contribution in [-0.4, -0.2) is 133 Å². The normalized spacial score (nSPS) is 55.0. The second-order valence-electron chi connectivity index (χ2n) is 7.85. The Hall–Kier alpha value is -0.520. The third-order valence-electron chi connectivity index (χ3n) is 5.65. The lowest BCUT2D eigenvalue weighted by atomic mass is 9.98. The van der Waals surface area contributed by atoms with E-state index in [2.05, 4.69) is 0 Å². The summed E-state index contributed by atoms with van der Waals surface area (Å²) in [4.78, 5) is 0. The van der Waals surface area contributed by atoms with Crippen molar-refractivity contribution in [3.8, 4) is 0 Å². The van der Waals surface area contributed by atoms with Crippen molar-refractivity contribution < 1.29 is 64.5 Å². The predicted octanol–water partition coefficient (Wildman–Crippen LogP) is -4.88. The molecule has 176 valence electrons. The summed E-state index contributed by atoms with van der Waals surface area (Å²) in [6, 6.07) is 0. The van der Waals surface area contributed by atoms with Crippen LogP contribution in [0.1, 0.15) is 13.8 Å². The molecule has 13 nitrogen and oxygen atoms in total. The van der Waals surface area contributed by atoms with E-state index in [-0.39, 0.29) is 6.61 Å². The molecule has 13 heteroatoms. The lowest BCUT2D eigenvalue weighted by Gasteiger charge is -2.45. The van der Waals surface area contributed by atoms with E-state index in [1.165, 1.54) is 13.8 Å². The maximum Gasteiger partial charge on any atom is 0.187 e. The Bertz CT molecular complexity index is 566. The molecule has 3 rings (SSSR count). The van der Waals surface area contributed by atoms with Gasteiger partial charge in [0.15, 0.2) is 18.9 Å². The van der Waals surface area contributed by atoms with Gasteiger partial charge in [0.2, 0.25) is 0 Å². The van der Waals surface area contributed by atoms with Crippen LogP contribution >= 0.6 is 0 Å². The van der Waals surface area contributed by atoms with Gasteiger partial charge in [0.05, 0.1) is 18.8 Å². The third kappa shape index (κ3) is 4.63. The molecule has 0 aromatic rings. The lowest BCUT2D eigenvalue weighted by Crippen LogP contribution is -2.63. The van der Waals surface area contributed by atoms with Gasteiger partial charge in [0.1, 0.15) is 54.9 Å². The van der Waals surface area contributed by atoms with Crippen molar-refractivity contribution in [1.82, 2.24) is 0 Å². The molecule has 14 atom stereocenters. The highest BCUT2D eigenvalue weighted by atomic mass is 16.8. The van der Waals surface area contributed by atoms with Gasteiger partial charge in [-0.2, -0.15) is 0 Å². The minimum Gasteiger partial charge on any atom is -0.388 e. The number of rotatable bonds is 5. The van der Waals surface area contributed by atoms with Gasteiger partial charge in [-0.15, -0.1) is 0 Å². The predicted molar refractivity (Wildman–Crippen MR) is 92.4 cm³/mol. The Morgan fingerprint density at radius 2 is 1.17 bits per heavy atom. The maximum atomic E-state index is 10.5. The molecule has 0 aromatic carbocycles. The Kier molecular flexibility index (Phi) is 7.67. The van der Waals surface area contributed by atoms with Crippen molar-refractivity contribution in [2.45, 2.75) is 99.9 Å². The first-order valence-corrected chi connectivity index (χ1v) is 9.71. The summed E-state index contributed by atoms with van der Waals surface area (Å²) >= 11 is 0. The molecular weight excluding hydrogens is 412 g/mol. The Morgan fingerprint density at radius 1 is 0.600 bits per heavy atom. The highest BCUT2D eigenvalue weighted by molar-refractivity contribution is 4.93. The highest BCUT2D eigenvalue weighted by Crippen LogP contribution is 2.30. The fourth-order valence-electron chi connectivity index (χ4n) is 3.62. The first kappa shape index (κ1) is 24.1. The molecule has 3 aliphatic rings. The fraction of sp³-hybridized carbons (Fsp3) is 1.00. The van der Waals surface area contributed by atoms with Crippen LogP contribution in [0.2, 0.25) is 0 Å². The van der Waals surface area contributed by atoms with E-state index in [9.17, 15) is 40.9 Å². The lowest BCUT2D eigenvalue weighted by molar-refractivity contribution is -0.363. The van der Waals surface area contributed by atoms with Crippen molar-refractivity contribution in [3.05, 3.63) is 0 Å². The second-order valence-corrected chi connectivity index (χ2v) is 7.85. The molecule has 0 aliphatic carbocycles. The summed E-state index contributed by atoms with van der Waals surface area (Å²) in [5.41, 5.74) is 0. The second kappa shape index (κ2) is 9.54. The number of hydrogen-bond acceptors (Lipinski definition) is 13. The molecule has 0 amide bonds. The number of ether oxygens (including phenoxy) is 5. The van der Waals surface area contributed by atoms with Crippen LogP contribution in [0, 0.1) is 0 Å². The summed E-state index contributed by atoms with van der Waals surface area (Å²) in [5.74, 6) is 0. The topological polar surface area (TPSA) is 208 Å². The highest BCUT2D eigenvalue weighted by Gasteiger charge is 2.50. The van der Waals surface area contributed by atoms with Crippen molar-refractivity contribution >= 4 is 0 Å². The van der Waals surface area contributed by atoms with Crippen LogP contribution in [0.5, 0.6) is 0 Å². The van der Waals surface area contributed by atoms with Crippen molar-refractivity contribution in [2.75, 3.05) is 6.61 Å². The molecule has 3 aliphatic heterocycles. The molecule has 0 spiro atoms. The smallest absolute Gasteiger partial charge is 0.187 e. The minimum absolute atomic E-state index is 0.374. The molecule has 0 bridgehead atoms. The zero-order valence-corrected chi connectivity index (χ0v) is 16.4. The molecule has 30 heavy (non-hydrogen) atoms. The molecule has 0 saturated carbocycles. The summed E-state index contributed by atoms with van der Waals surface area (Å²) in [6.45, 7) is 2.55. The van der Waals surface area contributed by atoms with Gasteiger partial charge in [-0.25, -0.2) is 0 Å². The molecule has 3 fully saturated rings. The van der Waals surface area contributed by atoms with Crippen LogP contribution in [0.3, 0.4) is 0 Å². The van der Waals surface area contributed by atoms with Gasteiger partial charge in [-0.3, -0.25) is 0 Å². The third-order valence-corrected chi connectivity index (χ3v) is 5.65. The summed E-state index contributed by atoms with van der Waals surface area (Å²) < 4.78 is 26.9. The van der Waals surface area contributed by atoms with Gasteiger partial charge in [0.25, 0.3) is 0 Å². The summed E-state index contributed by atoms with van der Waals surface area (Å²) in [5, 5.41) is 79.4. The van der Waals surface area contributed by atoms with Crippen molar-refractivity contribution in [3.63, 3.8) is 0 Å².